The lowest BCUT2D eigenvalue weighted by Gasteiger charge is -2.15. The zero-order valence-corrected chi connectivity index (χ0v) is 18.1. The third-order valence-corrected chi connectivity index (χ3v) is 7.10. The van der Waals surface area contributed by atoms with Crippen LogP contribution < -0.4 is 4.74 Å². The average molecular weight is 502 g/mol. The maximum absolute atomic E-state index is 13.3. The lowest BCUT2D eigenvalue weighted by Crippen LogP contribution is -2.17. The molecule has 7 nitrogen and oxygen atoms in total. The van der Waals surface area contributed by atoms with Crippen molar-refractivity contribution >= 4 is 38.5 Å². The van der Waals surface area contributed by atoms with Gasteiger partial charge in [-0.2, -0.15) is 0 Å². The number of benzene rings is 2. The summed E-state index contributed by atoms with van der Waals surface area (Å²) in [5, 5.41) is 11.5. The van der Waals surface area contributed by atoms with Crippen molar-refractivity contribution in [2.45, 2.75) is 17.4 Å². The largest absolute Gasteiger partial charge is 0.573 e. The highest BCUT2D eigenvalue weighted by atomic mass is 35.5. The van der Waals surface area contributed by atoms with Crippen LogP contribution in [0.4, 0.5) is 13.2 Å². The molecule has 4 rings (SSSR count). The lowest BCUT2D eigenvalue weighted by atomic mass is 9.92. The fourth-order valence-corrected chi connectivity index (χ4v) is 5.12. The van der Waals surface area contributed by atoms with Crippen molar-refractivity contribution in [1.82, 2.24) is 3.97 Å². The normalized spacial score (nSPS) is 17.9. The molecule has 3 aromatic rings. The number of carbonyl (C=O) groups is 1. The second kappa shape index (κ2) is 8.08. The van der Waals surface area contributed by atoms with Gasteiger partial charge in [0.05, 0.1) is 22.4 Å². The standard InChI is InChI=1S/C21H15ClF3NO6S/c1-11-17(10-31-20(11)28)19(27)16-9-26(18-7-2-12(22)8-15(16)18)33(29,30)14-5-3-13(4-6-14)32-21(23,24)25/h2-9,17,19,27H,1,10H2. The van der Waals surface area contributed by atoms with E-state index in [1.807, 2.05) is 0 Å². The molecule has 0 amide bonds. The molecule has 1 N–H and O–H groups in total. The number of aliphatic hydroxyl groups excluding tert-OH is 1. The summed E-state index contributed by atoms with van der Waals surface area (Å²) in [7, 11) is -4.29. The van der Waals surface area contributed by atoms with Gasteiger partial charge in [-0.25, -0.2) is 17.2 Å². The van der Waals surface area contributed by atoms with Crippen molar-refractivity contribution < 1.29 is 41.0 Å². The summed E-state index contributed by atoms with van der Waals surface area (Å²) in [5.74, 6) is -2.03. The van der Waals surface area contributed by atoms with Crippen molar-refractivity contribution in [3.05, 3.63) is 71.4 Å². The highest BCUT2D eigenvalue weighted by Crippen LogP contribution is 2.38. The minimum atomic E-state index is -4.92. The van der Waals surface area contributed by atoms with Gasteiger partial charge in [0.15, 0.2) is 0 Å². The van der Waals surface area contributed by atoms with Crippen LogP contribution in [0, 0.1) is 5.92 Å². The van der Waals surface area contributed by atoms with Crippen LogP contribution in [0.3, 0.4) is 0 Å². The first kappa shape index (κ1) is 23.1. The quantitative estimate of drug-likeness (QED) is 0.416. The SMILES string of the molecule is C=C1C(=O)OCC1C(O)c1cn(S(=O)(=O)c2ccc(OC(F)(F)F)cc2)c2ccc(Cl)cc12. The van der Waals surface area contributed by atoms with E-state index in [2.05, 4.69) is 11.3 Å². The molecule has 2 atom stereocenters. The van der Waals surface area contributed by atoms with Crippen molar-refractivity contribution in [3.63, 3.8) is 0 Å². The lowest BCUT2D eigenvalue weighted by molar-refractivity contribution is -0.274. The van der Waals surface area contributed by atoms with Gasteiger partial charge in [0.2, 0.25) is 0 Å². The summed E-state index contributed by atoms with van der Waals surface area (Å²) >= 11 is 6.08. The molecule has 0 radical (unpaired) electrons. The minimum absolute atomic E-state index is 0.0496. The molecule has 1 aliphatic rings. The Morgan fingerprint density at radius 2 is 1.88 bits per heavy atom. The summed E-state index contributed by atoms with van der Waals surface area (Å²) < 4.78 is 73.3. The van der Waals surface area contributed by atoms with Gasteiger partial charge in [0.1, 0.15) is 12.4 Å². The second-order valence-electron chi connectivity index (χ2n) is 7.24. The molecule has 2 aromatic carbocycles. The average Bonchev–Trinajstić information content (AvgIpc) is 3.27. The van der Waals surface area contributed by atoms with Crippen molar-refractivity contribution in [2.75, 3.05) is 6.61 Å². The molecule has 12 heteroatoms. The Hall–Kier alpha value is -3.02. The first-order valence-electron chi connectivity index (χ1n) is 9.34. The van der Waals surface area contributed by atoms with E-state index in [0.717, 1.165) is 28.2 Å². The number of hydrogen-bond acceptors (Lipinski definition) is 6. The number of aliphatic hydroxyl groups is 1. The van der Waals surface area contributed by atoms with E-state index in [1.54, 1.807) is 0 Å². The number of halogens is 4. The van der Waals surface area contributed by atoms with E-state index >= 15 is 0 Å². The molecular formula is C21H15ClF3NO6S. The maximum atomic E-state index is 13.3. The molecule has 1 aliphatic heterocycles. The van der Waals surface area contributed by atoms with Crippen LogP contribution >= 0.6 is 11.6 Å². The first-order chi connectivity index (χ1) is 15.4. The Labute approximate surface area is 190 Å². The van der Waals surface area contributed by atoms with E-state index in [0.29, 0.717) is 5.39 Å². The van der Waals surface area contributed by atoms with Gasteiger partial charge in [-0.15, -0.1) is 13.2 Å². The highest BCUT2D eigenvalue weighted by Gasteiger charge is 2.37. The van der Waals surface area contributed by atoms with Crippen LogP contribution in [0.1, 0.15) is 11.7 Å². The molecule has 1 saturated heterocycles. The number of hydrogen-bond donors (Lipinski definition) is 1. The summed E-state index contributed by atoms with van der Waals surface area (Å²) in [4.78, 5) is 11.4. The van der Waals surface area contributed by atoms with Crippen LogP contribution in [0.25, 0.3) is 10.9 Å². The zero-order valence-electron chi connectivity index (χ0n) is 16.5. The van der Waals surface area contributed by atoms with Crippen LogP contribution in [-0.2, 0) is 19.6 Å². The molecule has 174 valence electrons. The van der Waals surface area contributed by atoms with Crippen molar-refractivity contribution in [3.8, 4) is 5.75 Å². The van der Waals surface area contributed by atoms with E-state index in [9.17, 15) is 31.5 Å². The van der Waals surface area contributed by atoms with Crippen LogP contribution in [0.5, 0.6) is 5.75 Å². The van der Waals surface area contributed by atoms with Crippen LogP contribution in [-0.4, -0.2) is 36.4 Å². The monoisotopic (exact) mass is 501 g/mol. The Bertz CT molecular complexity index is 1370. The molecule has 0 saturated carbocycles. The molecule has 33 heavy (non-hydrogen) atoms. The number of nitrogens with zero attached hydrogens (tertiary/aromatic N) is 1. The first-order valence-corrected chi connectivity index (χ1v) is 11.2. The molecule has 0 bridgehead atoms. The molecule has 0 aliphatic carbocycles. The summed E-state index contributed by atoms with van der Waals surface area (Å²) in [6.45, 7) is 3.49. The highest BCUT2D eigenvalue weighted by molar-refractivity contribution is 7.90. The third kappa shape index (κ3) is 4.31. The van der Waals surface area contributed by atoms with Gasteiger partial charge in [-0.1, -0.05) is 18.2 Å². The fourth-order valence-electron chi connectivity index (χ4n) is 3.57. The van der Waals surface area contributed by atoms with Crippen LogP contribution in [0.2, 0.25) is 5.02 Å². The Kier molecular flexibility index (Phi) is 5.67. The van der Waals surface area contributed by atoms with Gasteiger partial charge in [0.25, 0.3) is 10.0 Å². The Morgan fingerprint density at radius 1 is 1.21 bits per heavy atom. The Morgan fingerprint density at radius 3 is 2.45 bits per heavy atom. The van der Waals surface area contributed by atoms with Gasteiger partial charge >= 0.3 is 12.3 Å². The minimum Gasteiger partial charge on any atom is -0.462 e. The van der Waals surface area contributed by atoms with Gasteiger partial charge in [0, 0.05) is 27.7 Å². The molecule has 0 spiro atoms. The Balaban J connectivity index is 1.79. The van der Waals surface area contributed by atoms with Gasteiger partial charge in [-0.3, -0.25) is 0 Å². The van der Waals surface area contributed by atoms with Gasteiger partial charge < -0.3 is 14.6 Å². The molecule has 1 aromatic heterocycles. The molecule has 1 fully saturated rings. The van der Waals surface area contributed by atoms with E-state index in [1.165, 1.54) is 24.4 Å². The number of cyclic esters (lactones) is 1. The zero-order chi connectivity index (χ0) is 24.1. The summed E-state index contributed by atoms with van der Waals surface area (Å²) in [5.41, 5.74) is 0.381. The summed E-state index contributed by atoms with van der Waals surface area (Å²) in [6.07, 6.45) is -5.07. The molecule has 2 heterocycles. The van der Waals surface area contributed by atoms with Crippen LogP contribution in [0.15, 0.2) is 65.7 Å². The third-order valence-electron chi connectivity index (χ3n) is 5.18. The number of ether oxygens (including phenoxy) is 2. The van der Waals surface area contributed by atoms with E-state index in [4.69, 9.17) is 16.3 Å². The second-order valence-corrected chi connectivity index (χ2v) is 9.49. The van der Waals surface area contributed by atoms with Gasteiger partial charge in [-0.05, 0) is 42.5 Å². The fraction of sp³-hybridized carbons (Fsp3) is 0.190. The summed E-state index contributed by atoms with van der Waals surface area (Å²) in [6, 6.07) is 8.04. The van der Waals surface area contributed by atoms with Crippen molar-refractivity contribution in [2.24, 2.45) is 5.92 Å². The van der Waals surface area contributed by atoms with Crippen molar-refractivity contribution in [1.29, 1.82) is 0 Å². The van der Waals surface area contributed by atoms with E-state index in [-0.39, 0.29) is 33.2 Å². The number of rotatable bonds is 5. The number of alkyl halides is 3. The maximum Gasteiger partial charge on any atom is 0.573 e. The number of fused-ring (bicyclic) bond motifs is 1. The predicted molar refractivity (Wildman–Crippen MR) is 111 cm³/mol. The topological polar surface area (TPSA) is 94.8 Å². The number of esters is 1. The van der Waals surface area contributed by atoms with E-state index < -0.39 is 40.1 Å². The number of aromatic nitrogens is 1. The number of carbonyl (C=O) groups excluding carboxylic acids is 1. The molecule has 2 unspecified atom stereocenters. The molecular weight excluding hydrogens is 487 g/mol. The smallest absolute Gasteiger partial charge is 0.462 e. The predicted octanol–water partition coefficient (Wildman–Crippen LogP) is 4.19.